The first-order valence-electron chi connectivity index (χ1n) is 5.33. The van der Waals surface area contributed by atoms with Crippen molar-refractivity contribution in [1.29, 1.82) is 0 Å². The first kappa shape index (κ1) is 11.9. The Kier molecular flexibility index (Phi) is 3.65. The molecule has 0 saturated heterocycles. The minimum atomic E-state index is 0.422. The summed E-state index contributed by atoms with van der Waals surface area (Å²) in [5.74, 6) is 0.843. The molecule has 2 rings (SSSR count). The molecule has 0 bridgehead atoms. The summed E-state index contributed by atoms with van der Waals surface area (Å²) in [7, 11) is 1.99. The van der Waals surface area contributed by atoms with E-state index in [-0.39, 0.29) is 0 Å². The Morgan fingerprint density at radius 1 is 1.35 bits per heavy atom. The zero-order valence-electron chi connectivity index (χ0n) is 9.92. The molecule has 0 amide bonds. The van der Waals surface area contributed by atoms with Crippen molar-refractivity contribution in [3.63, 3.8) is 0 Å². The Bertz CT molecular complexity index is 479. The second kappa shape index (κ2) is 5.20. The van der Waals surface area contributed by atoms with Crippen LogP contribution in [0.2, 0.25) is 0 Å². The van der Waals surface area contributed by atoms with Crippen LogP contribution in [0.1, 0.15) is 16.3 Å². The fourth-order valence-corrected chi connectivity index (χ4v) is 2.27. The van der Waals surface area contributed by atoms with Gasteiger partial charge in [0, 0.05) is 18.5 Å². The number of aryl methyl sites for hydroxylation is 1. The number of aromatic nitrogens is 3. The van der Waals surface area contributed by atoms with Crippen LogP contribution in [-0.4, -0.2) is 22.2 Å². The van der Waals surface area contributed by atoms with Gasteiger partial charge in [-0.15, -0.1) is 16.4 Å². The van der Waals surface area contributed by atoms with Crippen molar-refractivity contribution in [1.82, 2.24) is 15.2 Å². The zero-order valence-corrected chi connectivity index (χ0v) is 10.7. The quantitative estimate of drug-likeness (QED) is 0.885. The summed E-state index contributed by atoms with van der Waals surface area (Å²) in [5, 5.41) is 8.18. The highest BCUT2D eigenvalue weighted by Gasteiger charge is 2.08. The van der Waals surface area contributed by atoms with E-state index in [1.165, 1.54) is 4.88 Å². The van der Waals surface area contributed by atoms with Gasteiger partial charge in [0.05, 0.1) is 23.4 Å². The first-order valence-corrected chi connectivity index (χ1v) is 6.21. The van der Waals surface area contributed by atoms with Crippen LogP contribution in [0.5, 0.6) is 0 Å². The van der Waals surface area contributed by atoms with E-state index in [1.54, 1.807) is 11.3 Å². The molecule has 0 atom stereocenters. The molecule has 0 aliphatic carbocycles. The molecule has 0 aliphatic rings. The number of thiazole rings is 1. The third kappa shape index (κ3) is 2.78. The lowest BCUT2D eigenvalue weighted by atomic mass is 10.3. The van der Waals surface area contributed by atoms with Crippen LogP contribution in [-0.2, 0) is 13.1 Å². The third-order valence-electron chi connectivity index (χ3n) is 2.53. The number of anilines is 1. The molecule has 90 valence electrons. The molecule has 17 heavy (non-hydrogen) atoms. The molecular weight excluding hydrogens is 234 g/mol. The van der Waals surface area contributed by atoms with Gasteiger partial charge in [-0.1, -0.05) is 0 Å². The molecule has 2 N–H and O–H groups in total. The van der Waals surface area contributed by atoms with Gasteiger partial charge >= 0.3 is 0 Å². The topological polar surface area (TPSA) is 67.9 Å². The second-order valence-electron chi connectivity index (χ2n) is 3.80. The van der Waals surface area contributed by atoms with E-state index in [0.717, 1.165) is 23.8 Å². The minimum Gasteiger partial charge on any atom is -0.353 e. The molecule has 0 aliphatic heterocycles. The molecule has 5 nitrogen and oxygen atoms in total. The van der Waals surface area contributed by atoms with Gasteiger partial charge in [-0.3, -0.25) is 0 Å². The SMILES string of the molecule is Cc1ncsc1CN(C)c1ccc(CN)nn1. The molecule has 0 aromatic carbocycles. The van der Waals surface area contributed by atoms with Crippen LogP contribution in [0.3, 0.4) is 0 Å². The van der Waals surface area contributed by atoms with E-state index in [2.05, 4.69) is 15.2 Å². The van der Waals surface area contributed by atoms with Gasteiger partial charge in [0.15, 0.2) is 5.82 Å². The lowest BCUT2D eigenvalue weighted by molar-refractivity contribution is 0.838. The van der Waals surface area contributed by atoms with Gasteiger partial charge in [0.2, 0.25) is 0 Å². The van der Waals surface area contributed by atoms with E-state index in [4.69, 9.17) is 5.73 Å². The van der Waals surface area contributed by atoms with Crippen LogP contribution < -0.4 is 10.6 Å². The summed E-state index contributed by atoms with van der Waals surface area (Å²) in [6, 6.07) is 3.84. The summed E-state index contributed by atoms with van der Waals surface area (Å²) in [4.78, 5) is 7.53. The number of nitrogens with zero attached hydrogens (tertiary/aromatic N) is 4. The zero-order chi connectivity index (χ0) is 12.3. The Hall–Kier alpha value is -1.53. The summed E-state index contributed by atoms with van der Waals surface area (Å²) in [5.41, 5.74) is 9.22. The maximum absolute atomic E-state index is 5.48. The lowest BCUT2D eigenvalue weighted by Gasteiger charge is -2.16. The highest BCUT2D eigenvalue weighted by Crippen LogP contribution is 2.17. The van der Waals surface area contributed by atoms with Gasteiger partial charge in [-0.2, -0.15) is 5.10 Å². The predicted octanol–water partition coefficient (Wildman–Crippen LogP) is 1.34. The van der Waals surface area contributed by atoms with Crippen LogP contribution in [0.4, 0.5) is 5.82 Å². The van der Waals surface area contributed by atoms with Gasteiger partial charge in [-0.05, 0) is 19.1 Å². The largest absolute Gasteiger partial charge is 0.353 e. The van der Waals surface area contributed by atoms with Crippen molar-refractivity contribution in [2.45, 2.75) is 20.0 Å². The molecular formula is C11H15N5S. The number of rotatable bonds is 4. The Morgan fingerprint density at radius 3 is 2.71 bits per heavy atom. The average molecular weight is 249 g/mol. The van der Waals surface area contributed by atoms with Crippen molar-refractivity contribution < 1.29 is 0 Å². The molecule has 2 aromatic heterocycles. The van der Waals surface area contributed by atoms with E-state index in [1.807, 2.05) is 36.5 Å². The maximum atomic E-state index is 5.48. The Balaban J connectivity index is 2.09. The molecule has 0 spiro atoms. The normalized spacial score (nSPS) is 10.5. The molecule has 0 saturated carbocycles. The average Bonchev–Trinajstić information content (AvgIpc) is 2.75. The molecule has 0 fully saturated rings. The Morgan fingerprint density at radius 2 is 2.18 bits per heavy atom. The van der Waals surface area contributed by atoms with Crippen LogP contribution in [0.15, 0.2) is 17.6 Å². The van der Waals surface area contributed by atoms with E-state index < -0.39 is 0 Å². The van der Waals surface area contributed by atoms with Gasteiger partial charge in [0.1, 0.15) is 0 Å². The first-order chi connectivity index (χ1) is 8.20. The molecule has 0 radical (unpaired) electrons. The van der Waals surface area contributed by atoms with Gasteiger partial charge in [0.25, 0.3) is 0 Å². The van der Waals surface area contributed by atoms with Crippen molar-refractivity contribution in [3.8, 4) is 0 Å². The molecule has 2 aromatic rings. The molecule has 6 heteroatoms. The van der Waals surface area contributed by atoms with E-state index in [9.17, 15) is 0 Å². The maximum Gasteiger partial charge on any atom is 0.151 e. The molecule has 0 unspecified atom stereocenters. The van der Waals surface area contributed by atoms with Crippen LogP contribution >= 0.6 is 11.3 Å². The highest BCUT2D eigenvalue weighted by molar-refractivity contribution is 7.09. The van der Waals surface area contributed by atoms with Crippen LogP contribution in [0, 0.1) is 6.92 Å². The standard InChI is InChI=1S/C11H15N5S/c1-8-10(17-7-13-8)6-16(2)11-4-3-9(5-12)14-15-11/h3-4,7H,5-6,12H2,1-2H3. The number of nitrogens with two attached hydrogens (primary N) is 1. The smallest absolute Gasteiger partial charge is 0.151 e. The number of hydrogen-bond acceptors (Lipinski definition) is 6. The fourth-order valence-electron chi connectivity index (χ4n) is 1.44. The predicted molar refractivity (Wildman–Crippen MR) is 68.9 cm³/mol. The van der Waals surface area contributed by atoms with Crippen LogP contribution in [0.25, 0.3) is 0 Å². The molecule has 2 heterocycles. The summed E-state index contributed by atoms with van der Waals surface area (Å²) < 4.78 is 0. The lowest BCUT2D eigenvalue weighted by Crippen LogP contribution is -2.18. The summed E-state index contributed by atoms with van der Waals surface area (Å²) >= 11 is 1.66. The summed E-state index contributed by atoms with van der Waals surface area (Å²) in [6.07, 6.45) is 0. The monoisotopic (exact) mass is 249 g/mol. The van der Waals surface area contributed by atoms with Crippen molar-refractivity contribution in [3.05, 3.63) is 33.9 Å². The summed E-state index contributed by atoms with van der Waals surface area (Å²) in [6.45, 7) is 3.24. The van der Waals surface area contributed by atoms with Crippen molar-refractivity contribution in [2.75, 3.05) is 11.9 Å². The fraction of sp³-hybridized carbons (Fsp3) is 0.364. The van der Waals surface area contributed by atoms with Crippen molar-refractivity contribution in [2.24, 2.45) is 5.73 Å². The van der Waals surface area contributed by atoms with Gasteiger partial charge < -0.3 is 10.6 Å². The van der Waals surface area contributed by atoms with E-state index >= 15 is 0 Å². The van der Waals surface area contributed by atoms with Gasteiger partial charge in [-0.25, -0.2) is 4.98 Å². The third-order valence-corrected chi connectivity index (χ3v) is 3.45. The second-order valence-corrected chi connectivity index (χ2v) is 4.74. The van der Waals surface area contributed by atoms with Crippen molar-refractivity contribution >= 4 is 17.2 Å². The highest BCUT2D eigenvalue weighted by atomic mass is 32.1. The van der Waals surface area contributed by atoms with E-state index in [0.29, 0.717) is 6.54 Å². The Labute approximate surface area is 104 Å². The number of hydrogen-bond donors (Lipinski definition) is 1. The minimum absolute atomic E-state index is 0.422.